The molecule has 4 rings (SSSR count). The molecule has 0 radical (unpaired) electrons. The van der Waals surface area contributed by atoms with Gasteiger partial charge in [0, 0.05) is 39.3 Å². The van der Waals surface area contributed by atoms with Crippen molar-refractivity contribution in [2.24, 2.45) is 7.05 Å². The summed E-state index contributed by atoms with van der Waals surface area (Å²) < 4.78 is 1.42. The van der Waals surface area contributed by atoms with Gasteiger partial charge in [-0.15, -0.1) is 4.98 Å². The zero-order valence-corrected chi connectivity index (χ0v) is 19.2. The second-order valence-electron chi connectivity index (χ2n) is 7.86. The van der Waals surface area contributed by atoms with Crippen LogP contribution in [0.25, 0.3) is 15.9 Å². The molecule has 0 saturated carbocycles. The largest absolute Gasteiger partial charge is 0.364 e. The smallest absolute Gasteiger partial charge is 0.271 e. The third kappa shape index (κ3) is 3.91. The Balaban J connectivity index is 1.69. The van der Waals surface area contributed by atoms with Gasteiger partial charge in [-0.1, -0.05) is 35.8 Å². The van der Waals surface area contributed by atoms with Gasteiger partial charge in [-0.3, -0.25) is 9.69 Å². The quantitative estimate of drug-likeness (QED) is 0.535. The topological polar surface area (TPSA) is 69.5 Å². The number of piperazine rings is 1. The highest BCUT2D eigenvalue weighted by molar-refractivity contribution is 6.42. The van der Waals surface area contributed by atoms with E-state index in [9.17, 15) is 10.1 Å². The molecule has 1 fully saturated rings. The number of fused-ring (bicyclic) bond motifs is 1. The number of nitrogens with zero attached hydrogens (tertiary/aromatic N) is 6. The average molecular weight is 467 g/mol. The van der Waals surface area contributed by atoms with Gasteiger partial charge in [-0.05, 0) is 36.8 Å². The van der Waals surface area contributed by atoms with Crippen molar-refractivity contribution in [3.63, 3.8) is 0 Å². The molecule has 162 valence electrons. The zero-order valence-electron chi connectivity index (χ0n) is 17.6. The summed E-state index contributed by atoms with van der Waals surface area (Å²) in [5, 5.41) is 10.8. The highest BCUT2D eigenvalue weighted by Crippen LogP contribution is 2.31. The summed E-state index contributed by atoms with van der Waals surface area (Å²) in [6.07, 6.45) is 0. The lowest BCUT2D eigenvalue weighted by atomic mass is 10.1. The van der Waals surface area contributed by atoms with E-state index in [0.29, 0.717) is 46.4 Å². The van der Waals surface area contributed by atoms with E-state index >= 15 is 0 Å². The first kappa shape index (κ1) is 22.1. The van der Waals surface area contributed by atoms with Gasteiger partial charge in [0.15, 0.2) is 0 Å². The van der Waals surface area contributed by atoms with Crippen molar-refractivity contribution in [2.45, 2.75) is 19.5 Å². The molecule has 9 heteroatoms. The number of rotatable bonds is 3. The monoisotopic (exact) mass is 466 g/mol. The number of aromatic nitrogens is 2. The molecule has 1 aliphatic rings. The minimum Gasteiger partial charge on any atom is -0.364 e. The Morgan fingerprint density at radius 1 is 1.25 bits per heavy atom. The molecule has 3 aromatic rings. The van der Waals surface area contributed by atoms with Crippen molar-refractivity contribution in [3.8, 4) is 6.07 Å². The molecule has 0 aliphatic carbocycles. The third-order valence-electron chi connectivity index (χ3n) is 5.88. The van der Waals surface area contributed by atoms with Gasteiger partial charge in [-0.2, -0.15) is 5.26 Å². The first-order valence-electron chi connectivity index (χ1n) is 10.1. The molecule has 0 spiro atoms. The van der Waals surface area contributed by atoms with E-state index in [1.165, 1.54) is 4.57 Å². The first-order chi connectivity index (χ1) is 15.3. The van der Waals surface area contributed by atoms with Crippen LogP contribution in [0.5, 0.6) is 0 Å². The maximum absolute atomic E-state index is 12.9. The molecule has 3 heterocycles. The molecule has 7 nitrogen and oxygen atoms in total. The van der Waals surface area contributed by atoms with E-state index in [-0.39, 0.29) is 23.0 Å². The van der Waals surface area contributed by atoms with Gasteiger partial charge in [0.25, 0.3) is 11.4 Å². The van der Waals surface area contributed by atoms with Crippen molar-refractivity contribution in [1.82, 2.24) is 14.5 Å². The second kappa shape index (κ2) is 8.80. The van der Waals surface area contributed by atoms with Crippen molar-refractivity contribution < 1.29 is 0 Å². The van der Waals surface area contributed by atoms with E-state index in [4.69, 9.17) is 29.8 Å². The number of aryl methyl sites for hydroxylation is 1. The summed E-state index contributed by atoms with van der Waals surface area (Å²) in [5.41, 5.74) is 2.37. The Morgan fingerprint density at radius 2 is 2.03 bits per heavy atom. The summed E-state index contributed by atoms with van der Waals surface area (Å²) in [6, 6.07) is 11.2. The normalized spacial score (nSPS) is 16.7. The Bertz CT molecular complexity index is 1350. The lowest BCUT2D eigenvalue weighted by Gasteiger charge is -2.41. The molecule has 2 aromatic heterocycles. The standard InChI is InChI=1S/C23H20Cl2N6O/c1-14-12-31(9-8-30(14)13-15-4-5-17(24)18(25)10-15)22-16(11-26)23(32)29(3)19-6-7-20(27-2)28-21(19)22/h4-7,10,14H,8-9,12-13H2,1,3H3/t14-/m1/s1. The second-order valence-corrected chi connectivity index (χ2v) is 8.68. The zero-order chi connectivity index (χ0) is 23.0. The van der Waals surface area contributed by atoms with Crippen LogP contribution in [0.4, 0.5) is 11.5 Å². The van der Waals surface area contributed by atoms with Crippen LogP contribution in [0.1, 0.15) is 18.1 Å². The number of pyridine rings is 2. The lowest BCUT2D eigenvalue weighted by Crippen LogP contribution is -2.52. The third-order valence-corrected chi connectivity index (χ3v) is 6.62. The number of halogens is 2. The summed E-state index contributed by atoms with van der Waals surface area (Å²) in [4.78, 5) is 25.1. The first-order valence-corrected chi connectivity index (χ1v) is 10.8. The highest BCUT2D eigenvalue weighted by Gasteiger charge is 2.30. The molecule has 1 saturated heterocycles. The Kier molecular flexibility index (Phi) is 6.08. The fourth-order valence-corrected chi connectivity index (χ4v) is 4.48. The molecule has 0 bridgehead atoms. The van der Waals surface area contributed by atoms with Crippen molar-refractivity contribution in [1.29, 1.82) is 5.26 Å². The fourth-order valence-electron chi connectivity index (χ4n) is 4.16. The van der Waals surface area contributed by atoms with Crippen LogP contribution in [-0.2, 0) is 13.6 Å². The Morgan fingerprint density at radius 3 is 2.69 bits per heavy atom. The van der Waals surface area contributed by atoms with Crippen LogP contribution in [0.2, 0.25) is 10.0 Å². The van der Waals surface area contributed by atoms with Crippen LogP contribution in [0.15, 0.2) is 35.1 Å². The van der Waals surface area contributed by atoms with E-state index < -0.39 is 0 Å². The van der Waals surface area contributed by atoms with E-state index in [0.717, 1.165) is 12.1 Å². The maximum atomic E-state index is 12.9. The van der Waals surface area contributed by atoms with Gasteiger partial charge in [0.1, 0.15) is 17.3 Å². The van der Waals surface area contributed by atoms with Gasteiger partial charge in [-0.25, -0.2) is 0 Å². The lowest BCUT2D eigenvalue weighted by molar-refractivity contribution is 0.181. The number of benzene rings is 1. The van der Waals surface area contributed by atoms with Crippen LogP contribution >= 0.6 is 23.2 Å². The minimum atomic E-state index is -0.363. The number of anilines is 1. The number of hydrogen-bond acceptors (Lipinski definition) is 5. The van der Waals surface area contributed by atoms with Crippen LogP contribution in [0.3, 0.4) is 0 Å². The molecule has 32 heavy (non-hydrogen) atoms. The molecular weight excluding hydrogens is 447 g/mol. The fraction of sp³-hybridized carbons (Fsp3) is 0.304. The van der Waals surface area contributed by atoms with Crippen molar-refractivity contribution >= 4 is 45.7 Å². The van der Waals surface area contributed by atoms with Gasteiger partial charge >= 0.3 is 0 Å². The minimum absolute atomic E-state index is 0.0553. The summed E-state index contributed by atoms with van der Waals surface area (Å²) in [5.74, 6) is 0.229. The van der Waals surface area contributed by atoms with E-state index in [1.54, 1.807) is 25.2 Å². The maximum Gasteiger partial charge on any atom is 0.271 e. The summed E-state index contributed by atoms with van der Waals surface area (Å²) >= 11 is 12.2. The SMILES string of the molecule is [C-]#[N+]c1ccc2c(n1)c(N1CCN(Cc3ccc(Cl)c(Cl)c3)[C@H](C)C1)c(C#N)c(=O)n2C. The number of hydrogen-bond donors (Lipinski definition) is 0. The van der Waals surface area contributed by atoms with Gasteiger partial charge in [0.05, 0.1) is 15.6 Å². The highest BCUT2D eigenvalue weighted by atomic mass is 35.5. The molecule has 1 atom stereocenters. The molecule has 0 unspecified atom stereocenters. The van der Waals surface area contributed by atoms with Crippen LogP contribution in [-0.4, -0.2) is 40.1 Å². The van der Waals surface area contributed by atoms with Crippen LogP contribution < -0.4 is 10.5 Å². The molecule has 0 amide bonds. The van der Waals surface area contributed by atoms with E-state index in [2.05, 4.69) is 27.7 Å². The summed E-state index contributed by atoms with van der Waals surface area (Å²) in [6.45, 7) is 12.1. The van der Waals surface area contributed by atoms with Crippen LogP contribution in [0, 0.1) is 17.9 Å². The summed E-state index contributed by atoms with van der Waals surface area (Å²) in [7, 11) is 1.62. The van der Waals surface area contributed by atoms with Gasteiger partial charge in [0.2, 0.25) is 5.52 Å². The molecule has 1 aromatic carbocycles. The molecular formula is C23H20Cl2N6O. The average Bonchev–Trinajstić information content (AvgIpc) is 2.79. The number of nitriles is 1. The van der Waals surface area contributed by atoms with E-state index in [1.807, 2.05) is 17.0 Å². The molecule has 0 N–H and O–H groups in total. The Hall–Kier alpha value is -3.10. The van der Waals surface area contributed by atoms with Crippen molar-refractivity contribution in [2.75, 3.05) is 24.5 Å². The Labute approximate surface area is 195 Å². The van der Waals surface area contributed by atoms with Gasteiger partial charge < -0.3 is 14.3 Å². The molecule has 1 aliphatic heterocycles. The predicted molar refractivity (Wildman–Crippen MR) is 127 cm³/mol. The van der Waals surface area contributed by atoms with Crippen molar-refractivity contribution in [3.05, 3.63) is 73.3 Å². The predicted octanol–water partition coefficient (Wildman–Crippen LogP) is 4.37.